The van der Waals surface area contributed by atoms with Gasteiger partial charge in [0.1, 0.15) is 23.8 Å². The van der Waals surface area contributed by atoms with Gasteiger partial charge < -0.3 is 9.47 Å². The molecule has 0 N–H and O–H groups in total. The Hall–Kier alpha value is -2.74. The van der Waals surface area contributed by atoms with Crippen molar-refractivity contribution < 1.29 is 23.5 Å². The maximum absolute atomic E-state index is 13.9. The number of nitrogens with zero attached hydrogens (tertiary/aromatic N) is 2. The summed E-state index contributed by atoms with van der Waals surface area (Å²) in [6.45, 7) is 2.62. The Bertz CT molecular complexity index is 986. The molecule has 0 aliphatic carbocycles. The average molecular weight is 445 g/mol. The SMILES string of the molecule is CCCCN1C(=O)[C@H]2CS[C@@H](c3ccc(OC)c(COc4ccccc4F)c3)N2C1=O. The van der Waals surface area contributed by atoms with Gasteiger partial charge in [0, 0.05) is 17.9 Å². The van der Waals surface area contributed by atoms with Gasteiger partial charge >= 0.3 is 6.03 Å². The maximum Gasteiger partial charge on any atom is 0.328 e. The molecule has 0 spiro atoms. The highest BCUT2D eigenvalue weighted by Gasteiger charge is 2.52. The van der Waals surface area contributed by atoms with E-state index >= 15 is 0 Å². The third kappa shape index (κ3) is 4.08. The minimum Gasteiger partial charge on any atom is -0.496 e. The summed E-state index contributed by atoms with van der Waals surface area (Å²) >= 11 is 1.58. The molecule has 2 aromatic rings. The number of urea groups is 1. The molecule has 164 valence electrons. The summed E-state index contributed by atoms with van der Waals surface area (Å²) in [5.74, 6) is 0.820. The number of halogens is 1. The van der Waals surface area contributed by atoms with E-state index in [2.05, 4.69) is 0 Å². The highest BCUT2D eigenvalue weighted by Crippen LogP contribution is 2.46. The van der Waals surface area contributed by atoms with E-state index < -0.39 is 11.9 Å². The molecule has 2 heterocycles. The summed E-state index contributed by atoms with van der Waals surface area (Å²) in [4.78, 5) is 28.8. The number of methoxy groups -OCH3 is 1. The van der Waals surface area contributed by atoms with Gasteiger partial charge in [0.15, 0.2) is 11.6 Å². The highest BCUT2D eigenvalue weighted by molar-refractivity contribution is 7.99. The van der Waals surface area contributed by atoms with Crippen LogP contribution in [0.2, 0.25) is 0 Å². The second-order valence-corrected chi connectivity index (χ2v) is 8.64. The fraction of sp³-hybridized carbons (Fsp3) is 0.391. The first-order chi connectivity index (χ1) is 15.0. The van der Waals surface area contributed by atoms with Crippen LogP contribution in [0.1, 0.15) is 36.3 Å². The molecule has 0 saturated carbocycles. The first kappa shape index (κ1) is 21.5. The first-order valence-electron chi connectivity index (χ1n) is 10.3. The van der Waals surface area contributed by atoms with Crippen molar-refractivity contribution in [3.05, 3.63) is 59.4 Å². The molecule has 4 rings (SSSR count). The zero-order valence-electron chi connectivity index (χ0n) is 17.5. The van der Waals surface area contributed by atoms with Gasteiger partial charge in [-0.3, -0.25) is 14.6 Å². The number of carbonyl (C=O) groups excluding carboxylic acids is 2. The Kier molecular flexibility index (Phi) is 6.36. The number of benzene rings is 2. The van der Waals surface area contributed by atoms with Gasteiger partial charge in [-0.25, -0.2) is 9.18 Å². The molecule has 6 nitrogen and oxygen atoms in total. The van der Waals surface area contributed by atoms with Crippen LogP contribution in [0.25, 0.3) is 0 Å². The number of rotatable bonds is 8. The van der Waals surface area contributed by atoms with Crippen LogP contribution in [0.5, 0.6) is 11.5 Å². The molecule has 2 fully saturated rings. The van der Waals surface area contributed by atoms with Crippen LogP contribution in [0.15, 0.2) is 42.5 Å². The molecule has 2 aliphatic heterocycles. The number of hydrogen-bond acceptors (Lipinski definition) is 5. The van der Waals surface area contributed by atoms with Crippen molar-refractivity contribution in [3.8, 4) is 11.5 Å². The van der Waals surface area contributed by atoms with Crippen LogP contribution in [-0.4, -0.2) is 47.2 Å². The number of hydrogen-bond donors (Lipinski definition) is 0. The number of imide groups is 1. The minimum absolute atomic E-state index is 0.106. The van der Waals surface area contributed by atoms with Crippen LogP contribution in [0.4, 0.5) is 9.18 Å². The summed E-state index contributed by atoms with van der Waals surface area (Å²) < 4.78 is 25.0. The Morgan fingerprint density at radius 2 is 1.97 bits per heavy atom. The molecule has 2 saturated heterocycles. The highest BCUT2D eigenvalue weighted by atomic mass is 32.2. The second-order valence-electron chi connectivity index (χ2n) is 7.53. The first-order valence-corrected chi connectivity index (χ1v) is 11.4. The summed E-state index contributed by atoms with van der Waals surface area (Å²) in [6, 6.07) is 11.2. The largest absolute Gasteiger partial charge is 0.496 e. The average Bonchev–Trinajstić information content (AvgIpc) is 3.32. The second kappa shape index (κ2) is 9.18. The van der Waals surface area contributed by atoms with Crippen LogP contribution >= 0.6 is 11.8 Å². The number of carbonyl (C=O) groups is 2. The van der Waals surface area contributed by atoms with Gasteiger partial charge in [-0.1, -0.05) is 31.5 Å². The summed E-state index contributed by atoms with van der Waals surface area (Å²) in [7, 11) is 1.57. The van der Waals surface area contributed by atoms with Crippen molar-refractivity contribution in [1.82, 2.24) is 9.80 Å². The minimum atomic E-state index is -0.430. The number of ether oxygens (including phenoxy) is 2. The van der Waals surface area contributed by atoms with Crippen molar-refractivity contribution in [3.63, 3.8) is 0 Å². The lowest BCUT2D eigenvalue weighted by atomic mass is 10.1. The van der Waals surface area contributed by atoms with Gasteiger partial charge in [0.05, 0.1) is 7.11 Å². The fourth-order valence-electron chi connectivity index (χ4n) is 3.90. The lowest BCUT2D eigenvalue weighted by Gasteiger charge is -2.24. The Morgan fingerprint density at radius 3 is 2.71 bits per heavy atom. The Morgan fingerprint density at radius 1 is 1.16 bits per heavy atom. The molecule has 0 radical (unpaired) electrons. The van der Waals surface area contributed by atoms with Gasteiger partial charge in [-0.2, -0.15) is 0 Å². The third-order valence-electron chi connectivity index (χ3n) is 5.55. The lowest BCUT2D eigenvalue weighted by Crippen LogP contribution is -2.34. The number of amides is 3. The van der Waals surface area contributed by atoms with Gasteiger partial charge in [0.25, 0.3) is 5.91 Å². The molecule has 0 aromatic heterocycles. The van der Waals surface area contributed by atoms with E-state index in [1.54, 1.807) is 42.0 Å². The lowest BCUT2D eigenvalue weighted by molar-refractivity contribution is -0.127. The monoisotopic (exact) mass is 444 g/mol. The van der Waals surface area contributed by atoms with Crippen LogP contribution in [-0.2, 0) is 11.4 Å². The van der Waals surface area contributed by atoms with E-state index in [1.165, 1.54) is 11.0 Å². The summed E-state index contributed by atoms with van der Waals surface area (Å²) in [5.41, 5.74) is 1.63. The van der Waals surface area contributed by atoms with Crippen molar-refractivity contribution in [2.75, 3.05) is 19.4 Å². The maximum atomic E-state index is 13.9. The number of fused-ring (bicyclic) bond motifs is 1. The van der Waals surface area contributed by atoms with E-state index in [1.807, 2.05) is 25.1 Å². The topological polar surface area (TPSA) is 59.1 Å². The molecule has 31 heavy (non-hydrogen) atoms. The molecule has 8 heteroatoms. The Labute approximate surface area is 185 Å². The molecule has 0 bridgehead atoms. The zero-order chi connectivity index (χ0) is 22.0. The third-order valence-corrected chi connectivity index (χ3v) is 6.87. The van der Waals surface area contributed by atoms with Crippen molar-refractivity contribution >= 4 is 23.7 Å². The van der Waals surface area contributed by atoms with Gasteiger partial charge in [-0.05, 0) is 36.2 Å². The standard InChI is InChI=1S/C23H25FN2O4S/c1-3-4-11-25-21(27)18-14-31-22(26(18)23(25)28)15-9-10-19(29-2)16(12-15)13-30-20-8-6-5-7-17(20)24/h5-10,12,18,22H,3-4,11,13-14H2,1-2H3/t18-,22+/m1/s1. The van der Waals surface area contributed by atoms with Gasteiger partial charge in [-0.15, -0.1) is 11.8 Å². The predicted octanol–water partition coefficient (Wildman–Crippen LogP) is 4.59. The van der Waals surface area contributed by atoms with Crippen molar-refractivity contribution in [1.29, 1.82) is 0 Å². The predicted molar refractivity (Wildman–Crippen MR) is 117 cm³/mol. The fourth-order valence-corrected chi connectivity index (χ4v) is 5.31. The van der Waals surface area contributed by atoms with Crippen molar-refractivity contribution in [2.45, 2.75) is 37.8 Å². The molecule has 2 atom stereocenters. The van der Waals surface area contributed by atoms with Crippen LogP contribution in [0.3, 0.4) is 0 Å². The number of para-hydroxylation sites is 1. The van der Waals surface area contributed by atoms with E-state index in [0.717, 1.165) is 24.0 Å². The van der Waals surface area contributed by atoms with E-state index in [-0.39, 0.29) is 29.7 Å². The molecular formula is C23H25FN2O4S. The normalized spacial score (nSPS) is 20.4. The zero-order valence-corrected chi connectivity index (χ0v) is 18.4. The summed E-state index contributed by atoms with van der Waals surface area (Å²) in [6.07, 6.45) is 1.72. The van der Waals surface area contributed by atoms with E-state index in [4.69, 9.17) is 9.47 Å². The molecular weight excluding hydrogens is 419 g/mol. The van der Waals surface area contributed by atoms with Crippen LogP contribution < -0.4 is 9.47 Å². The molecule has 2 aliphatic rings. The summed E-state index contributed by atoms with van der Waals surface area (Å²) in [5, 5.41) is -0.258. The van der Waals surface area contributed by atoms with E-state index in [0.29, 0.717) is 18.0 Å². The van der Waals surface area contributed by atoms with Crippen LogP contribution in [0, 0.1) is 5.82 Å². The molecule has 2 aromatic carbocycles. The molecule has 0 unspecified atom stereocenters. The molecule has 3 amide bonds. The number of thioether (sulfide) groups is 1. The smallest absolute Gasteiger partial charge is 0.328 e. The van der Waals surface area contributed by atoms with Gasteiger partial charge in [0.2, 0.25) is 0 Å². The van der Waals surface area contributed by atoms with E-state index in [9.17, 15) is 14.0 Å². The number of unbranched alkanes of at least 4 members (excludes halogenated alkanes) is 1. The quantitative estimate of drug-likeness (QED) is 0.558. The Balaban J connectivity index is 1.56. The van der Waals surface area contributed by atoms with Crippen molar-refractivity contribution in [2.24, 2.45) is 0 Å².